The molecule has 1 aromatic carbocycles. The Morgan fingerprint density at radius 1 is 1.03 bits per heavy atom. The van der Waals surface area contributed by atoms with Crippen LogP contribution in [0.2, 0.25) is 0 Å². The van der Waals surface area contributed by atoms with Crippen LogP contribution in [0.1, 0.15) is 44.7 Å². The standard InChI is InChI=1S/C25H30N2O4/c1-25(23(28)30-2,14-20-8-7-17-5-3-4-6-21(17)26-20)27-24(29)31-22-18-10-15-9-16(12-18)13-19(22)11-15/h3-8,15-16,18-19,22H,9-14H2,1-2H3,(H,27,29). The largest absolute Gasteiger partial charge is 0.467 e. The van der Waals surface area contributed by atoms with E-state index in [1.165, 1.54) is 39.2 Å². The van der Waals surface area contributed by atoms with Crippen LogP contribution in [0.5, 0.6) is 0 Å². The third-order valence-electron chi connectivity index (χ3n) is 7.59. The normalized spacial score (nSPS) is 30.6. The van der Waals surface area contributed by atoms with E-state index in [0.29, 0.717) is 17.5 Å². The third kappa shape index (κ3) is 3.88. The quantitative estimate of drug-likeness (QED) is 0.729. The molecular weight excluding hydrogens is 392 g/mol. The van der Waals surface area contributed by atoms with Gasteiger partial charge >= 0.3 is 12.1 Å². The van der Waals surface area contributed by atoms with Gasteiger partial charge in [0.2, 0.25) is 0 Å². The van der Waals surface area contributed by atoms with Crippen molar-refractivity contribution in [2.45, 2.75) is 57.1 Å². The van der Waals surface area contributed by atoms with Crippen molar-refractivity contribution in [3.63, 3.8) is 0 Å². The van der Waals surface area contributed by atoms with Crippen LogP contribution in [-0.2, 0) is 20.7 Å². The number of nitrogens with zero attached hydrogens (tertiary/aromatic N) is 1. The second kappa shape index (κ2) is 7.81. The molecule has 6 nitrogen and oxygen atoms in total. The van der Waals surface area contributed by atoms with Gasteiger partial charge in [-0.3, -0.25) is 4.98 Å². The number of hydrogen-bond donors (Lipinski definition) is 1. The van der Waals surface area contributed by atoms with Crippen LogP contribution in [0, 0.1) is 23.7 Å². The maximum Gasteiger partial charge on any atom is 0.408 e. The number of rotatable bonds is 5. The molecule has 4 saturated carbocycles. The number of pyridine rings is 1. The van der Waals surface area contributed by atoms with Gasteiger partial charge < -0.3 is 14.8 Å². The zero-order valence-corrected chi connectivity index (χ0v) is 18.2. The van der Waals surface area contributed by atoms with E-state index in [-0.39, 0.29) is 12.5 Å². The Morgan fingerprint density at radius 3 is 2.39 bits per heavy atom. The van der Waals surface area contributed by atoms with Gasteiger partial charge in [-0.05, 0) is 74.8 Å². The van der Waals surface area contributed by atoms with Crippen molar-refractivity contribution >= 4 is 23.0 Å². The molecule has 6 heteroatoms. The second-order valence-electron chi connectivity index (χ2n) is 9.92. The molecule has 1 amide bonds. The predicted molar refractivity (Wildman–Crippen MR) is 116 cm³/mol. The number of amides is 1. The molecular formula is C25H30N2O4. The van der Waals surface area contributed by atoms with Gasteiger partial charge in [0.15, 0.2) is 0 Å². The van der Waals surface area contributed by atoms with Crippen molar-refractivity contribution in [3.05, 3.63) is 42.1 Å². The number of benzene rings is 1. The molecule has 31 heavy (non-hydrogen) atoms. The number of carbonyl (C=O) groups is 2. The number of nitrogens with one attached hydrogen (secondary N) is 1. The van der Waals surface area contributed by atoms with Gasteiger partial charge in [-0.2, -0.15) is 0 Å². The predicted octanol–water partition coefficient (Wildman–Crippen LogP) is 4.26. The number of alkyl carbamates (subject to hydrolysis) is 1. The van der Waals surface area contributed by atoms with Crippen LogP contribution in [-0.4, -0.2) is 35.8 Å². The molecule has 0 aliphatic heterocycles. The molecule has 2 aromatic rings. The lowest BCUT2D eigenvalue weighted by molar-refractivity contribution is -0.148. The number of aromatic nitrogens is 1. The van der Waals surface area contributed by atoms with E-state index in [1.54, 1.807) is 6.92 Å². The van der Waals surface area contributed by atoms with Crippen molar-refractivity contribution in [1.29, 1.82) is 0 Å². The summed E-state index contributed by atoms with van der Waals surface area (Å²) in [5.74, 6) is 2.04. The van der Waals surface area contributed by atoms with Gasteiger partial charge in [0.1, 0.15) is 11.6 Å². The van der Waals surface area contributed by atoms with Crippen molar-refractivity contribution in [1.82, 2.24) is 10.3 Å². The summed E-state index contributed by atoms with van der Waals surface area (Å²) in [5, 5.41) is 3.85. The zero-order valence-electron chi connectivity index (χ0n) is 18.2. The second-order valence-corrected chi connectivity index (χ2v) is 9.92. The summed E-state index contributed by atoms with van der Waals surface area (Å²) in [5.41, 5.74) is 0.303. The van der Waals surface area contributed by atoms with Gasteiger partial charge in [-0.25, -0.2) is 9.59 Å². The molecule has 0 spiro atoms. The van der Waals surface area contributed by atoms with Crippen LogP contribution < -0.4 is 5.32 Å². The number of fused-ring (bicyclic) bond motifs is 1. The van der Waals surface area contributed by atoms with Crippen LogP contribution in [0.4, 0.5) is 4.79 Å². The fraction of sp³-hybridized carbons (Fsp3) is 0.560. The van der Waals surface area contributed by atoms with Crippen LogP contribution in [0.3, 0.4) is 0 Å². The van der Waals surface area contributed by atoms with Crippen molar-refractivity contribution in [2.24, 2.45) is 23.7 Å². The Morgan fingerprint density at radius 2 is 1.71 bits per heavy atom. The number of ether oxygens (including phenoxy) is 2. The van der Waals surface area contributed by atoms with Crippen LogP contribution >= 0.6 is 0 Å². The first-order valence-electron chi connectivity index (χ1n) is 11.4. The number of methoxy groups -OCH3 is 1. The molecule has 1 aromatic heterocycles. The van der Waals surface area contributed by atoms with Gasteiger partial charge in [-0.1, -0.05) is 24.3 Å². The fourth-order valence-corrected chi connectivity index (χ4v) is 6.41. The summed E-state index contributed by atoms with van der Waals surface area (Å²) >= 11 is 0. The third-order valence-corrected chi connectivity index (χ3v) is 7.59. The summed E-state index contributed by atoms with van der Waals surface area (Å²) in [4.78, 5) is 30.2. The zero-order chi connectivity index (χ0) is 21.6. The minimum Gasteiger partial charge on any atom is -0.467 e. The molecule has 4 bridgehead atoms. The van der Waals surface area contributed by atoms with Crippen molar-refractivity contribution in [3.8, 4) is 0 Å². The maximum atomic E-state index is 12.9. The Balaban J connectivity index is 1.31. The van der Waals surface area contributed by atoms with Crippen molar-refractivity contribution < 1.29 is 19.1 Å². The van der Waals surface area contributed by atoms with E-state index in [0.717, 1.165) is 22.7 Å². The SMILES string of the molecule is COC(=O)C(C)(Cc1ccc2ccccc2n1)NC(=O)OC1C2CC3CC(C2)CC1C3. The van der Waals surface area contributed by atoms with E-state index in [2.05, 4.69) is 10.3 Å². The highest BCUT2D eigenvalue weighted by atomic mass is 16.6. The maximum absolute atomic E-state index is 12.9. The van der Waals surface area contributed by atoms with Gasteiger partial charge in [0.25, 0.3) is 0 Å². The molecule has 4 aliphatic rings. The first-order chi connectivity index (χ1) is 14.9. The van der Waals surface area contributed by atoms with E-state index in [9.17, 15) is 9.59 Å². The molecule has 1 N–H and O–H groups in total. The topological polar surface area (TPSA) is 77.5 Å². The highest BCUT2D eigenvalue weighted by Gasteiger charge is 2.50. The van der Waals surface area contributed by atoms with E-state index in [4.69, 9.17) is 9.47 Å². The number of esters is 1. The van der Waals surface area contributed by atoms with E-state index < -0.39 is 17.6 Å². The van der Waals surface area contributed by atoms with Gasteiger partial charge in [0.05, 0.1) is 12.6 Å². The average molecular weight is 423 g/mol. The highest BCUT2D eigenvalue weighted by Crippen LogP contribution is 2.54. The lowest BCUT2D eigenvalue weighted by atomic mass is 9.55. The summed E-state index contributed by atoms with van der Waals surface area (Å²) in [6, 6.07) is 11.7. The Bertz CT molecular complexity index is 978. The molecule has 4 aliphatic carbocycles. The molecule has 1 heterocycles. The molecule has 1 atom stereocenters. The summed E-state index contributed by atoms with van der Waals surface area (Å²) in [7, 11) is 1.33. The average Bonchev–Trinajstić information content (AvgIpc) is 2.75. The fourth-order valence-electron chi connectivity index (χ4n) is 6.41. The van der Waals surface area contributed by atoms with Crippen LogP contribution in [0.25, 0.3) is 10.9 Å². The highest BCUT2D eigenvalue weighted by molar-refractivity contribution is 5.86. The van der Waals surface area contributed by atoms with Crippen molar-refractivity contribution in [2.75, 3.05) is 7.11 Å². The monoisotopic (exact) mass is 422 g/mol. The first-order valence-corrected chi connectivity index (χ1v) is 11.4. The van der Waals surface area contributed by atoms with Gasteiger partial charge in [0, 0.05) is 17.5 Å². The Hall–Kier alpha value is -2.63. The van der Waals surface area contributed by atoms with E-state index >= 15 is 0 Å². The lowest BCUT2D eigenvalue weighted by Crippen LogP contribution is -2.57. The number of para-hydroxylation sites is 1. The molecule has 164 valence electrons. The number of hydrogen-bond acceptors (Lipinski definition) is 5. The first kappa shape index (κ1) is 20.3. The minimum atomic E-state index is -1.26. The summed E-state index contributed by atoms with van der Waals surface area (Å²) in [6.45, 7) is 1.67. The summed E-state index contributed by atoms with van der Waals surface area (Å²) < 4.78 is 11.0. The summed E-state index contributed by atoms with van der Waals surface area (Å²) in [6.07, 6.45) is 5.67. The Kier molecular flexibility index (Phi) is 5.11. The molecule has 0 radical (unpaired) electrons. The van der Waals surface area contributed by atoms with Gasteiger partial charge in [-0.15, -0.1) is 0 Å². The number of carbonyl (C=O) groups excluding carboxylic acids is 2. The smallest absolute Gasteiger partial charge is 0.408 e. The molecule has 1 unspecified atom stereocenters. The Labute approximate surface area is 182 Å². The molecule has 0 saturated heterocycles. The van der Waals surface area contributed by atoms with E-state index in [1.807, 2.05) is 36.4 Å². The molecule has 6 rings (SSSR count). The van der Waals surface area contributed by atoms with Crippen LogP contribution in [0.15, 0.2) is 36.4 Å². The lowest BCUT2D eigenvalue weighted by Gasteiger charge is -2.53. The minimum absolute atomic E-state index is 0.0338. The molecule has 4 fully saturated rings.